The first-order valence-corrected chi connectivity index (χ1v) is 7.48. The highest BCUT2D eigenvalue weighted by molar-refractivity contribution is 9.10. The number of aliphatic carboxylic acids is 1. The van der Waals surface area contributed by atoms with E-state index in [0.717, 1.165) is 16.5 Å². The third-order valence-electron chi connectivity index (χ3n) is 3.66. The molecule has 2 N–H and O–H groups in total. The summed E-state index contributed by atoms with van der Waals surface area (Å²) in [6.07, 6.45) is 0.790. The molecule has 2 rings (SSSR count). The van der Waals surface area contributed by atoms with Crippen LogP contribution in [-0.2, 0) is 9.59 Å². The van der Waals surface area contributed by atoms with Gasteiger partial charge in [-0.3, -0.25) is 4.79 Å². The number of hydrogen-bond donors (Lipinski definition) is 2. The number of halogens is 1. The van der Waals surface area contributed by atoms with Gasteiger partial charge in [-0.1, -0.05) is 41.9 Å². The van der Waals surface area contributed by atoms with Crippen LogP contribution in [0.2, 0.25) is 0 Å². The Labute approximate surface area is 126 Å². The minimum Gasteiger partial charge on any atom is -0.480 e. The predicted octanol–water partition coefficient (Wildman–Crippen LogP) is 2.78. The molecule has 3 unspecified atom stereocenters. The van der Waals surface area contributed by atoms with Crippen molar-refractivity contribution in [1.29, 1.82) is 0 Å². The van der Waals surface area contributed by atoms with Crippen LogP contribution in [0, 0.1) is 11.8 Å². The van der Waals surface area contributed by atoms with E-state index < -0.39 is 12.0 Å². The fraction of sp³-hybridized carbons (Fsp3) is 0.467. The predicted molar refractivity (Wildman–Crippen MR) is 79.4 cm³/mol. The first-order valence-electron chi connectivity index (χ1n) is 6.68. The summed E-state index contributed by atoms with van der Waals surface area (Å²) in [5.74, 6) is -1.14. The van der Waals surface area contributed by atoms with Crippen LogP contribution in [0.25, 0.3) is 0 Å². The number of carboxylic acid groups (broad SMARTS) is 1. The lowest BCUT2D eigenvalue weighted by Gasteiger charge is -2.17. The van der Waals surface area contributed by atoms with Crippen LogP contribution in [0.15, 0.2) is 28.7 Å². The van der Waals surface area contributed by atoms with Gasteiger partial charge >= 0.3 is 5.97 Å². The van der Waals surface area contributed by atoms with Gasteiger partial charge in [0.25, 0.3) is 0 Å². The summed E-state index contributed by atoms with van der Waals surface area (Å²) in [5, 5.41) is 11.7. The second-order valence-electron chi connectivity index (χ2n) is 5.57. The van der Waals surface area contributed by atoms with Gasteiger partial charge in [0.1, 0.15) is 6.04 Å². The van der Waals surface area contributed by atoms with Crippen molar-refractivity contribution in [2.24, 2.45) is 11.8 Å². The zero-order valence-corrected chi connectivity index (χ0v) is 13.1. The summed E-state index contributed by atoms with van der Waals surface area (Å²) in [5.41, 5.74) is 1.13. The van der Waals surface area contributed by atoms with E-state index in [2.05, 4.69) is 21.2 Å². The highest BCUT2D eigenvalue weighted by Crippen LogP contribution is 2.47. The molecule has 3 atom stereocenters. The summed E-state index contributed by atoms with van der Waals surface area (Å²) in [6.45, 7) is 3.58. The van der Waals surface area contributed by atoms with Gasteiger partial charge in [-0.15, -0.1) is 0 Å². The minimum atomic E-state index is -0.978. The Morgan fingerprint density at radius 2 is 1.90 bits per heavy atom. The fourth-order valence-electron chi connectivity index (χ4n) is 2.34. The number of rotatable bonds is 5. The van der Waals surface area contributed by atoms with E-state index in [-0.39, 0.29) is 23.7 Å². The zero-order chi connectivity index (χ0) is 14.9. The maximum Gasteiger partial charge on any atom is 0.326 e. The third kappa shape index (κ3) is 3.39. The second kappa shape index (κ2) is 5.95. The number of nitrogens with one attached hydrogen (secondary N) is 1. The van der Waals surface area contributed by atoms with Crippen molar-refractivity contribution in [3.63, 3.8) is 0 Å². The molecule has 1 fully saturated rings. The number of carbonyl (C=O) groups is 2. The molecule has 0 bridgehead atoms. The van der Waals surface area contributed by atoms with Crippen molar-refractivity contribution in [3.05, 3.63) is 34.3 Å². The van der Waals surface area contributed by atoms with E-state index in [1.54, 1.807) is 13.8 Å². The van der Waals surface area contributed by atoms with Crippen molar-refractivity contribution in [3.8, 4) is 0 Å². The van der Waals surface area contributed by atoms with Crippen molar-refractivity contribution in [1.82, 2.24) is 5.32 Å². The van der Waals surface area contributed by atoms with E-state index in [0.29, 0.717) is 0 Å². The van der Waals surface area contributed by atoms with E-state index >= 15 is 0 Å². The lowest BCUT2D eigenvalue weighted by molar-refractivity contribution is -0.143. The molecule has 4 nitrogen and oxygen atoms in total. The average Bonchev–Trinajstić information content (AvgIpc) is 3.16. The topological polar surface area (TPSA) is 66.4 Å². The maximum absolute atomic E-state index is 12.1. The molecule has 20 heavy (non-hydrogen) atoms. The van der Waals surface area contributed by atoms with Crippen LogP contribution in [0.4, 0.5) is 0 Å². The Morgan fingerprint density at radius 3 is 2.40 bits per heavy atom. The Morgan fingerprint density at radius 1 is 1.30 bits per heavy atom. The van der Waals surface area contributed by atoms with E-state index in [1.807, 2.05) is 24.3 Å². The molecule has 108 valence electrons. The van der Waals surface area contributed by atoms with Crippen LogP contribution in [0.3, 0.4) is 0 Å². The van der Waals surface area contributed by atoms with Crippen LogP contribution in [0.5, 0.6) is 0 Å². The monoisotopic (exact) mass is 339 g/mol. The van der Waals surface area contributed by atoms with Gasteiger partial charge in [-0.05, 0) is 36.0 Å². The summed E-state index contributed by atoms with van der Waals surface area (Å²) in [6, 6.07) is 7.10. The van der Waals surface area contributed by atoms with Crippen molar-refractivity contribution in [2.75, 3.05) is 0 Å². The minimum absolute atomic E-state index is 0.100. The van der Waals surface area contributed by atoms with Gasteiger partial charge in [-0.2, -0.15) is 0 Å². The molecule has 1 amide bonds. The molecular formula is C15H18BrNO3. The van der Waals surface area contributed by atoms with Crippen molar-refractivity contribution >= 4 is 27.8 Å². The molecule has 0 aliphatic heterocycles. The fourth-order valence-corrected chi connectivity index (χ4v) is 2.60. The SMILES string of the molecule is CC(C)C(NC(=O)C1CC1c1ccc(Br)cc1)C(=O)O. The van der Waals surface area contributed by atoms with Crippen LogP contribution in [-0.4, -0.2) is 23.0 Å². The van der Waals surface area contributed by atoms with Crippen LogP contribution < -0.4 is 5.32 Å². The second-order valence-corrected chi connectivity index (χ2v) is 6.48. The third-order valence-corrected chi connectivity index (χ3v) is 4.18. The first-order chi connectivity index (χ1) is 9.40. The van der Waals surface area contributed by atoms with Gasteiger partial charge in [0.2, 0.25) is 5.91 Å². The molecule has 1 saturated carbocycles. The smallest absolute Gasteiger partial charge is 0.326 e. The van der Waals surface area contributed by atoms with Crippen molar-refractivity contribution < 1.29 is 14.7 Å². The molecule has 0 aromatic heterocycles. The van der Waals surface area contributed by atoms with Crippen molar-refractivity contribution in [2.45, 2.75) is 32.2 Å². The molecule has 1 aromatic carbocycles. The van der Waals surface area contributed by atoms with Gasteiger partial charge in [0, 0.05) is 10.4 Å². The largest absolute Gasteiger partial charge is 0.480 e. The first kappa shape index (κ1) is 15.0. The van der Waals surface area contributed by atoms with Gasteiger partial charge < -0.3 is 10.4 Å². The highest BCUT2D eigenvalue weighted by atomic mass is 79.9. The molecular weight excluding hydrogens is 322 g/mol. The molecule has 1 aromatic rings. The summed E-state index contributed by atoms with van der Waals surface area (Å²) in [7, 11) is 0. The lowest BCUT2D eigenvalue weighted by atomic mass is 10.0. The Balaban J connectivity index is 1.96. The Hall–Kier alpha value is -1.36. The maximum atomic E-state index is 12.1. The van der Waals surface area contributed by atoms with Crippen LogP contribution >= 0.6 is 15.9 Å². The van der Waals surface area contributed by atoms with E-state index in [4.69, 9.17) is 5.11 Å². The van der Waals surface area contributed by atoms with Gasteiger partial charge in [-0.25, -0.2) is 4.79 Å². The van der Waals surface area contributed by atoms with Gasteiger partial charge in [0.05, 0.1) is 0 Å². The quantitative estimate of drug-likeness (QED) is 0.866. The molecule has 0 radical (unpaired) electrons. The number of hydrogen-bond acceptors (Lipinski definition) is 2. The molecule has 1 aliphatic rings. The average molecular weight is 340 g/mol. The molecule has 0 heterocycles. The number of carboxylic acids is 1. The molecule has 1 aliphatic carbocycles. The lowest BCUT2D eigenvalue weighted by Crippen LogP contribution is -2.45. The summed E-state index contributed by atoms with van der Waals surface area (Å²) >= 11 is 3.38. The number of benzene rings is 1. The Kier molecular flexibility index (Phi) is 4.48. The van der Waals surface area contributed by atoms with E-state index in [9.17, 15) is 9.59 Å². The molecule has 0 saturated heterocycles. The number of amides is 1. The van der Waals surface area contributed by atoms with E-state index in [1.165, 1.54) is 0 Å². The standard InChI is InChI=1S/C15H18BrNO3/c1-8(2)13(15(19)20)17-14(18)12-7-11(12)9-3-5-10(16)6-4-9/h3-6,8,11-13H,7H2,1-2H3,(H,17,18)(H,19,20). The summed E-state index contributed by atoms with van der Waals surface area (Å²) in [4.78, 5) is 23.2. The number of carbonyl (C=O) groups excluding carboxylic acids is 1. The highest BCUT2D eigenvalue weighted by Gasteiger charge is 2.45. The van der Waals surface area contributed by atoms with Crippen LogP contribution in [0.1, 0.15) is 31.7 Å². The molecule has 5 heteroatoms. The molecule has 0 spiro atoms. The summed E-state index contributed by atoms with van der Waals surface area (Å²) < 4.78 is 1.01. The Bertz CT molecular complexity index is 512. The van der Waals surface area contributed by atoms with Gasteiger partial charge in [0.15, 0.2) is 0 Å². The zero-order valence-electron chi connectivity index (χ0n) is 11.5. The normalized spacial score (nSPS) is 22.4.